The Hall–Kier alpha value is -5.46. The number of amides is 2. The third kappa shape index (κ3) is 4.84. The van der Waals surface area contributed by atoms with Gasteiger partial charge in [0.25, 0.3) is 11.8 Å². The largest absolute Gasteiger partial charge is 0.439 e. The summed E-state index contributed by atoms with van der Waals surface area (Å²) < 4.78 is 47.8. The van der Waals surface area contributed by atoms with Crippen LogP contribution in [0.4, 0.5) is 13.2 Å². The first kappa shape index (κ1) is 29.0. The molecular formula is C34H27F3N6O4. The third-order valence-electron chi connectivity index (χ3n) is 9.28. The first-order valence-corrected chi connectivity index (χ1v) is 15.4. The molecule has 1 N–H and O–H groups in total. The molecule has 2 amide bonds. The van der Waals surface area contributed by atoms with Crippen LogP contribution in [0.2, 0.25) is 0 Å². The smallest absolute Gasteiger partial charge is 0.335 e. The molecule has 13 heteroatoms. The van der Waals surface area contributed by atoms with E-state index < -0.39 is 17.4 Å². The van der Waals surface area contributed by atoms with E-state index in [1.54, 1.807) is 29.2 Å². The van der Waals surface area contributed by atoms with Crippen LogP contribution < -0.4 is 5.76 Å². The van der Waals surface area contributed by atoms with Crippen molar-refractivity contribution in [3.05, 3.63) is 116 Å². The van der Waals surface area contributed by atoms with Gasteiger partial charge in [-0.05, 0) is 73.2 Å². The Bertz CT molecular complexity index is 2140. The number of rotatable bonds is 7. The Kier molecular flexibility index (Phi) is 6.85. The van der Waals surface area contributed by atoms with E-state index in [1.807, 2.05) is 9.47 Å². The molecule has 2 aromatic carbocycles. The van der Waals surface area contributed by atoms with E-state index in [2.05, 4.69) is 10.1 Å². The minimum Gasteiger partial charge on any atom is -0.335 e. The van der Waals surface area contributed by atoms with Gasteiger partial charge >= 0.3 is 5.76 Å². The van der Waals surface area contributed by atoms with Gasteiger partial charge in [-0.3, -0.25) is 24.1 Å². The number of carbonyl (C=O) groups excluding carboxylic acids is 2. The Morgan fingerprint density at radius 1 is 0.809 bits per heavy atom. The summed E-state index contributed by atoms with van der Waals surface area (Å²) in [7, 11) is 0. The number of nitrogens with one attached hydrogen (secondary N) is 1. The molecule has 8 rings (SSSR count). The van der Waals surface area contributed by atoms with Gasteiger partial charge < -0.3 is 14.4 Å². The number of pyridine rings is 1. The molecule has 5 aromatic rings. The van der Waals surface area contributed by atoms with Crippen LogP contribution in [0, 0.1) is 17.5 Å². The number of aromatic nitrogens is 4. The van der Waals surface area contributed by atoms with Crippen molar-refractivity contribution in [2.24, 2.45) is 0 Å². The Labute approximate surface area is 265 Å². The van der Waals surface area contributed by atoms with Crippen LogP contribution in [-0.2, 0) is 25.9 Å². The van der Waals surface area contributed by atoms with Gasteiger partial charge in [0.05, 0.1) is 34.3 Å². The Morgan fingerprint density at radius 2 is 1.60 bits per heavy atom. The molecule has 0 aliphatic carbocycles. The van der Waals surface area contributed by atoms with E-state index >= 15 is 0 Å². The quantitative estimate of drug-likeness (QED) is 0.266. The molecule has 0 unspecified atom stereocenters. The van der Waals surface area contributed by atoms with Crippen molar-refractivity contribution in [1.82, 2.24) is 29.5 Å². The molecule has 0 spiro atoms. The number of nitrogens with zero attached hydrogens (tertiary/aromatic N) is 5. The zero-order valence-corrected chi connectivity index (χ0v) is 24.9. The van der Waals surface area contributed by atoms with Crippen LogP contribution in [0.3, 0.4) is 0 Å². The first-order valence-electron chi connectivity index (χ1n) is 15.4. The number of aromatic amines is 1. The summed E-state index contributed by atoms with van der Waals surface area (Å²) in [6, 6.07) is 13.0. The van der Waals surface area contributed by atoms with Crippen molar-refractivity contribution in [2.45, 2.75) is 44.8 Å². The normalized spacial score (nSPS) is 17.0. The second kappa shape index (κ2) is 11.1. The summed E-state index contributed by atoms with van der Waals surface area (Å²) in [5.74, 6) is -3.45. The lowest BCUT2D eigenvalue weighted by Gasteiger charge is -2.30. The maximum absolute atomic E-state index is 14.0. The highest BCUT2D eigenvalue weighted by atomic mass is 19.2. The second-order valence-electron chi connectivity index (χ2n) is 12.0. The minimum atomic E-state index is -0.983. The van der Waals surface area contributed by atoms with Crippen LogP contribution >= 0.6 is 0 Å². The standard InChI is InChI=1S/C34H27F3N6O4/c35-20-7-3-18(4-8-20)6-10-23-27(31-39-34(46)47-40-31)28(29-30(38-23)25-2-1-13-43(25)33(29)45)24-11-12-26-32(44)41(14-15-42(24)26)17-19-5-9-21(36)22(37)16-19/h3-5,7-9,11-12,16,25H,1-2,6,10,13-15,17H2,(H,39,40,46)/t25-/m0/s1. The molecular weight excluding hydrogens is 613 g/mol. The third-order valence-corrected chi connectivity index (χ3v) is 9.28. The minimum absolute atomic E-state index is 0.0925. The van der Waals surface area contributed by atoms with Crippen LogP contribution in [0.25, 0.3) is 22.6 Å². The fourth-order valence-electron chi connectivity index (χ4n) is 7.10. The SMILES string of the molecule is O=C1c2ccc(-c3c4c(nc(CCc5ccc(F)cc5)c3-c3noc(=O)[nH]3)[C@@H]3CCCN3C4=O)n2CCN1Cc1ccc(F)c(F)c1. The molecule has 1 atom stereocenters. The topological polar surface area (TPSA) is 117 Å². The predicted octanol–water partition coefficient (Wildman–Crippen LogP) is 5.04. The average Bonchev–Trinajstić information content (AvgIpc) is 3.86. The molecule has 1 saturated heterocycles. The van der Waals surface area contributed by atoms with Crippen molar-refractivity contribution in [3.63, 3.8) is 0 Å². The van der Waals surface area contributed by atoms with E-state index in [0.717, 1.165) is 30.5 Å². The van der Waals surface area contributed by atoms with Crippen molar-refractivity contribution in [1.29, 1.82) is 0 Å². The maximum atomic E-state index is 14.0. The molecule has 0 radical (unpaired) electrons. The molecule has 3 aliphatic heterocycles. The maximum Gasteiger partial charge on any atom is 0.439 e. The number of aryl methyl sites for hydroxylation is 2. The van der Waals surface area contributed by atoms with Gasteiger partial charge in [-0.25, -0.2) is 18.0 Å². The van der Waals surface area contributed by atoms with Crippen LogP contribution in [0.5, 0.6) is 0 Å². The molecule has 10 nitrogen and oxygen atoms in total. The Balaban J connectivity index is 1.26. The van der Waals surface area contributed by atoms with Gasteiger partial charge in [0.2, 0.25) is 0 Å². The first-order chi connectivity index (χ1) is 22.8. The molecule has 238 valence electrons. The van der Waals surface area contributed by atoms with E-state index in [4.69, 9.17) is 9.51 Å². The summed E-state index contributed by atoms with van der Waals surface area (Å²) in [5.41, 5.74) is 4.81. The summed E-state index contributed by atoms with van der Waals surface area (Å²) in [6.45, 7) is 1.31. The molecule has 0 bridgehead atoms. The van der Waals surface area contributed by atoms with Gasteiger partial charge in [-0.1, -0.05) is 23.4 Å². The van der Waals surface area contributed by atoms with E-state index in [1.165, 1.54) is 18.2 Å². The predicted molar refractivity (Wildman–Crippen MR) is 162 cm³/mol. The van der Waals surface area contributed by atoms with E-state index in [0.29, 0.717) is 71.0 Å². The highest BCUT2D eigenvalue weighted by Gasteiger charge is 2.45. The number of carbonyl (C=O) groups is 2. The summed E-state index contributed by atoms with van der Waals surface area (Å²) >= 11 is 0. The van der Waals surface area contributed by atoms with Crippen molar-refractivity contribution < 1.29 is 27.3 Å². The number of hydrogen-bond donors (Lipinski definition) is 1. The van der Waals surface area contributed by atoms with Crippen molar-refractivity contribution in [2.75, 3.05) is 13.1 Å². The molecule has 47 heavy (non-hydrogen) atoms. The van der Waals surface area contributed by atoms with E-state index in [9.17, 15) is 27.6 Å². The second-order valence-corrected chi connectivity index (χ2v) is 12.0. The van der Waals surface area contributed by atoms with E-state index in [-0.39, 0.29) is 42.6 Å². The van der Waals surface area contributed by atoms with Crippen molar-refractivity contribution >= 4 is 11.8 Å². The molecule has 6 heterocycles. The van der Waals surface area contributed by atoms with Crippen molar-refractivity contribution in [3.8, 4) is 22.6 Å². The number of halogens is 3. The highest BCUT2D eigenvalue weighted by Crippen LogP contribution is 2.48. The zero-order valence-electron chi connectivity index (χ0n) is 24.9. The number of benzene rings is 2. The number of fused-ring (bicyclic) bond motifs is 4. The summed E-state index contributed by atoms with van der Waals surface area (Å²) in [5, 5.41) is 4.01. The fraction of sp³-hybridized carbons (Fsp3) is 0.265. The van der Waals surface area contributed by atoms with Crippen LogP contribution in [-0.4, -0.2) is 54.4 Å². The van der Waals surface area contributed by atoms with Gasteiger partial charge in [0.15, 0.2) is 17.5 Å². The lowest BCUT2D eigenvalue weighted by Crippen LogP contribution is -2.39. The number of hydrogen-bond acceptors (Lipinski definition) is 6. The number of H-pyrrole nitrogens is 1. The van der Waals surface area contributed by atoms with Crippen LogP contribution in [0.15, 0.2) is 63.9 Å². The lowest BCUT2D eigenvalue weighted by molar-refractivity contribution is 0.0691. The van der Waals surface area contributed by atoms with Gasteiger partial charge in [-0.2, -0.15) is 0 Å². The fourth-order valence-corrected chi connectivity index (χ4v) is 7.10. The molecule has 3 aliphatic rings. The van der Waals surface area contributed by atoms with Gasteiger partial charge in [-0.15, -0.1) is 0 Å². The van der Waals surface area contributed by atoms with Crippen LogP contribution in [0.1, 0.15) is 62.2 Å². The zero-order chi connectivity index (χ0) is 32.4. The van der Waals surface area contributed by atoms with Gasteiger partial charge in [0.1, 0.15) is 11.5 Å². The summed E-state index contributed by atoms with van der Waals surface area (Å²) in [4.78, 5) is 51.1. The monoisotopic (exact) mass is 640 g/mol. The molecule has 0 saturated carbocycles. The highest BCUT2D eigenvalue weighted by molar-refractivity contribution is 6.08. The lowest BCUT2D eigenvalue weighted by atomic mass is 9.91. The Morgan fingerprint density at radius 3 is 2.36 bits per heavy atom. The molecule has 3 aromatic heterocycles. The van der Waals surface area contributed by atoms with Gasteiger partial charge in [0, 0.05) is 31.7 Å². The summed E-state index contributed by atoms with van der Waals surface area (Å²) in [6.07, 6.45) is 2.48. The molecule has 1 fully saturated rings. The average molecular weight is 641 g/mol.